The standard InChI is InChI=1S/C13H16N2O2/c1-4-15-12(16)10-7-5-6-8-11(10)14-13(15)17-9(2)3/h5-9H,4H2,1-3H3. The van der Waals surface area contributed by atoms with E-state index in [0.717, 1.165) is 0 Å². The zero-order valence-electron chi connectivity index (χ0n) is 10.3. The van der Waals surface area contributed by atoms with Crippen molar-refractivity contribution in [3.63, 3.8) is 0 Å². The average molecular weight is 232 g/mol. The Bertz CT molecular complexity index is 587. The van der Waals surface area contributed by atoms with Crippen molar-refractivity contribution in [2.75, 3.05) is 0 Å². The zero-order chi connectivity index (χ0) is 12.4. The molecule has 0 N–H and O–H groups in total. The van der Waals surface area contributed by atoms with E-state index in [9.17, 15) is 4.79 Å². The molecule has 0 aliphatic heterocycles. The Morgan fingerprint density at radius 3 is 2.71 bits per heavy atom. The summed E-state index contributed by atoms with van der Waals surface area (Å²) in [5.41, 5.74) is 0.631. The molecule has 1 aromatic heterocycles. The van der Waals surface area contributed by atoms with Crippen LogP contribution >= 0.6 is 0 Å². The molecule has 4 heteroatoms. The number of para-hydroxylation sites is 1. The summed E-state index contributed by atoms with van der Waals surface area (Å²) in [6, 6.07) is 7.71. The number of rotatable bonds is 3. The monoisotopic (exact) mass is 232 g/mol. The molecule has 0 aliphatic rings. The van der Waals surface area contributed by atoms with Gasteiger partial charge in [0.15, 0.2) is 0 Å². The van der Waals surface area contributed by atoms with Crippen molar-refractivity contribution < 1.29 is 4.74 Å². The molecule has 0 fully saturated rings. The molecule has 0 amide bonds. The molecule has 0 aliphatic carbocycles. The van der Waals surface area contributed by atoms with Gasteiger partial charge in [0, 0.05) is 6.54 Å². The predicted molar refractivity (Wildman–Crippen MR) is 67.4 cm³/mol. The van der Waals surface area contributed by atoms with Gasteiger partial charge in [0.05, 0.1) is 17.0 Å². The van der Waals surface area contributed by atoms with Gasteiger partial charge in [0.1, 0.15) is 0 Å². The van der Waals surface area contributed by atoms with Crippen LogP contribution in [0, 0.1) is 0 Å². The highest BCUT2D eigenvalue weighted by atomic mass is 16.5. The molecule has 0 unspecified atom stereocenters. The van der Waals surface area contributed by atoms with E-state index in [2.05, 4.69) is 4.98 Å². The maximum Gasteiger partial charge on any atom is 0.299 e. The second-order valence-electron chi connectivity index (χ2n) is 4.13. The number of ether oxygens (including phenoxy) is 1. The third-order valence-corrected chi connectivity index (χ3v) is 2.48. The Hall–Kier alpha value is -1.84. The molecule has 4 nitrogen and oxygen atoms in total. The normalized spacial score (nSPS) is 11.1. The summed E-state index contributed by atoms with van der Waals surface area (Å²) in [6.45, 7) is 6.30. The molecule has 1 heterocycles. The lowest BCUT2D eigenvalue weighted by Gasteiger charge is -2.14. The van der Waals surface area contributed by atoms with Gasteiger partial charge in [-0.15, -0.1) is 0 Å². The third-order valence-electron chi connectivity index (χ3n) is 2.48. The second kappa shape index (κ2) is 4.57. The van der Waals surface area contributed by atoms with E-state index < -0.39 is 0 Å². The van der Waals surface area contributed by atoms with Crippen LogP contribution in [0.2, 0.25) is 0 Å². The van der Waals surface area contributed by atoms with Gasteiger partial charge < -0.3 is 4.74 Å². The van der Waals surface area contributed by atoms with Crippen molar-refractivity contribution in [2.45, 2.75) is 33.4 Å². The Morgan fingerprint density at radius 2 is 2.06 bits per heavy atom. The van der Waals surface area contributed by atoms with Crippen molar-refractivity contribution in [1.82, 2.24) is 9.55 Å². The van der Waals surface area contributed by atoms with Crippen LogP contribution < -0.4 is 10.3 Å². The fraction of sp³-hybridized carbons (Fsp3) is 0.385. The highest BCUT2D eigenvalue weighted by Crippen LogP contribution is 2.13. The van der Waals surface area contributed by atoms with Crippen LogP contribution in [0.1, 0.15) is 20.8 Å². The first-order chi connectivity index (χ1) is 8.13. The second-order valence-corrected chi connectivity index (χ2v) is 4.13. The van der Waals surface area contributed by atoms with Crippen LogP contribution in [0.3, 0.4) is 0 Å². The smallest absolute Gasteiger partial charge is 0.299 e. The SMILES string of the molecule is CCn1c(OC(C)C)nc2ccccc2c1=O. The molecule has 0 atom stereocenters. The predicted octanol–water partition coefficient (Wildman–Crippen LogP) is 2.20. The Labute approximate surface area is 99.9 Å². The number of hydrogen-bond donors (Lipinski definition) is 0. The molecule has 0 saturated carbocycles. The van der Waals surface area contributed by atoms with Crippen LogP contribution in [0.25, 0.3) is 10.9 Å². The molecule has 17 heavy (non-hydrogen) atoms. The van der Waals surface area contributed by atoms with E-state index in [1.165, 1.54) is 0 Å². The Morgan fingerprint density at radius 1 is 1.35 bits per heavy atom. The van der Waals surface area contributed by atoms with Gasteiger partial charge in [0.2, 0.25) is 0 Å². The van der Waals surface area contributed by atoms with E-state index in [4.69, 9.17) is 4.74 Å². The number of fused-ring (bicyclic) bond motifs is 1. The summed E-state index contributed by atoms with van der Waals surface area (Å²) >= 11 is 0. The minimum Gasteiger partial charge on any atom is -0.462 e. The van der Waals surface area contributed by atoms with Crippen LogP contribution in [0.5, 0.6) is 6.01 Å². The van der Waals surface area contributed by atoms with Crippen molar-refractivity contribution in [2.24, 2.45) is 0 Å². The molecular weight excluding hydrogens is 216 g/mol. The highest BCUT2D eigenvalue weighted by molar-refractivity contribution is 5.77. The number of nitrogens with zero attached hydrogens (tertiary/aromatic N) is 2. The molecule has 2 aromatic rings. The number of hydrogen-bond acceptors (Lipinski definition) is 3. The minimum atomic E-state index is -0.0475. The molecule has 90 valence electrons. The molecule has 0 bridgehead atoms. The van der Waals surface area contributed by atoms with E-state index in [-0.39, 0.29) is 11.7 Å². The van der Waals surface area contributed by atoms with Gasteiger partial charge in [-0.05, 0) is 32.9 Å². The summed E-state index contributed by atoms with van der Waals surface area (Å²) in [6.07, 6.45) is 0.000798. The minimum absolute atomic E-state index is 0.000798. The Balaban J connectivity index is 2.71. The molecule has 0 radical (unpaired) electrons. The summed E-state index contributed by atoms with van der Waals surface area (Å²) in [7, 11) is 0. The maximum atomic E-state index is 12.2. The van der Waals surface area contributed by atoms with Gasteiger partial charge in [-0.2, -0.15) is 4.98 Å². The van der Waals surface area contributed by atoms with Crippen LogP contribution in [-0.2, 0) is 6.54 Å². The van der Waals surface area contributed by atoms with Gasteiger partial charge in [-0.3, -0.25) is 9.36 Å². The first-order valence-electron chi connectivity index (χ1n) is 5.79. The fourth-order valence-electron chi connectivity index (χ4n) is 1.73. The average Bonchev–Trinajstić information content (AvgIpc) is 2.29. The van der Waals surface area contributed by atoms with Crippen LogP contribution in [0.4, 0.5) is 0 Å². The van der Waals surface area contributed by atoms with Crippen molar-refractivity contribution in [1.29, 1.82) is 0 Å². The Kier molecular flexibility index (Phi) is 3.13. The van der Waals surface area contributed by atoms with E-state index >= 15 is 0 Å². The van der Waals surface area contributed by atoms with Crippen LogP contribution in [0.15, 0.2) is 29.1 Å². The summed E-state index contributed by atoms with van der Waals surface area (Å²) in [5, 5.41) is 0.630. The molecular formula is C13H16N2O2. The summed E-state index contributed by atoms with van der Waals surface area (Å²) in [4.78, 5) is 16.6. The van der Waals surface area contributed by atoms with E-state index in [0.29, 0.717) is 23.5 Å². The van der Waals surface area contributed by atoms with Crippen LogP contribution in [-0.4, -0.2) is 15.7 Å². The summed E-state index contributed by atoms with van der Waals surface area (Å²) in [5.74, 6) is 0. The molecule has 2 rings (SSSR count). The third kappa shape index (κ3) is 2.16. The lowest BCUT2D eigenvalue weighted by atomic mass is 10.2. The first-order valence-corrected chi connectivity index (χ1v) is 5.79. The molecule has 0 saturated heterocycles. The van der Waals surface area contributed by atoms with E-state index in [1.54, 1.807) is 10.6 Å². The van der Waals surface area contributed by atoms with Gasteiger partial charge in [-0.1, -0.05) is 12.1 Å². The summed E-state index contributed by atoms with van der Waals surface area (Å²) < 4.78 is 7.13. The van der Waals surface area contributed by atoms with Gasteiger partial charge in [-0.25, -0.2) is 0 Å². The fourth-order valence-corrected chi connectivity index (χ4v) is 1.73. The number of benzene rings is 1. The highest BCUT2D eigenvalue weighted by Gasteiger charge is 2.11. The molecule has 0 spiro atoms. The van der Waals surface area contributed by atoms with Crippen molar-refractivity contribution >= 4 is 10.9 Å². The van der Waals surface area contributed by atoms with Crippen molar-refractivity contribution in [3.8, 4) is 6.01 Å². The van der Waals surface area contributed by atoms with Gasteiger partial charge >= 0.3 is 0 Å². The van der Waals surface area contributed by atoms with Crippen molar-refractivity contribution in [3.05, 3.63) is 34.6 Å². The largest absolute Gasteiger partial charge is 0.462 e. The molecule has 1 aromatic carbocycles. The zero-order valence-corrected chi connectivity index (χ0v) is 10.3. The topological polar surface area (TPSA) is 44.1 Å². The first kappa shape index (κ1) is 11.6. The van der Waals surface area contributed by atoms with Gasteiger partial charge in [0.25, 0.3) is 11.6 Å². The quantitative estimate of drug-likeness (QED) is 0.815. The number of aromatic nitrogens is 2. The lowest BCUT2D eigenvalue weighted by molar-refractivity contribution is 0.209. The maximum absolute atomic E-state index is 12.2. The lowest BCUT2D eigenvalue weighted by Crippen LogP contribution is -2.24. The van der Waals surface area contributed by atoms with E-state index in [1.807, 2.05) is 39.0 Å².